The quantitative estimate of drug-likeness (QED) is 0.537. The number of aromatic nitrogens is 2. The van der Waals surface area contributed by atoms with E-state index in [9.17, 15) is 14.4 Å². The lowest BCUT2D eigenvalue weighted by atomic mass is 10.1. The van der Waals surface area contributed by atoms with Crippen LogP contribution in [0, 0.1) is 0 Å². The number of nitrogens with zero attached hydrogens (tertiary/aromatic N) is 4. The summed E-state index contributed by atoms with van der Waals surface area (Å²) in [4.78, 5) is 49.2. The van der Waals surface area contributed by atoms with Gasteiger partial charge in [-0.05, 0) is 37.1 Å². The summed E-state index contributed by atoms with van der Waals surface area (Å²) in [5.74, 6) is 0.102. The molecule has 4 rings (SSSR count). The Labute approximate surface area is 204 Å². The Morgan fingerprint density at radius 1 is 1.14 bits per heavy atom. The number of hydrogen-bond acceptors (Lipinski definition) is 8. The molecular weight excluding hydrogens is 450 g/mol. The molecule has 1 atom stereocenters. The van der Waals surface area contributed by atoms with Crippen molar-refractivity contribution in [3.8, 4) is 0 Å². The number of rotatable bonds is 7. The highest BCUT2D eigenvalue weighted by Crippen LogP contribution is 2.24. The minimum atomic E-state index is -0.697. The van der Waals surface area contributed by atoms with E-state index in [1.165, 1.54) is 6.20 Å². The number of primary amides is 1. The second-order valence-electron chi connectivity index (χ2n) is 8.60. The largest absolute Gasteiger partial charge is 0.378 e. The Balaban J connectivity index is 1.49. The van der Waals surface area contributed by atoms with Crippen LogP contribution in [0.15, 0.2) is 30.5 Å². The minimum Gasteiger partial charge on any atom is -0.378 e. The van der Waals surface area contributed by atoms with Gasteiger partial charge >= 0.3 is 0 Å². The van der Waals surface area contributed by atoms with Crippen LogP contribution in [0.5, 0.6) is 0 Å². The fourth-order valence-corrected chi connectivity index (χ4v) is 4.21. The van der Waals surface area contributed by atoms with E-state index in [2.05, 4.69) is 20.6 Å². The number of hydrogen-bond donors (Lipinski definition) is 3. The lowest BCUT2D eigenvalue weighted by Crippen LogP contribution is -2.48. The Morgan fingerprint density at radius 3 is 2.57 bits per heavy atom. The number of benzene rings is 1. The molecule has 3 amide bonds. The average Bonchev–Trinajstić information content (AvgIpc) is 2.89. The normalized spacial score (nSPS) is 18.1. The van der Waals surface area contributed by atoms with Crippen molar-refractivity contribution in [2.75, 3.05) is 49.6 Å². The van der Waals surface area contributed by atoms with Crippen LogP contribution in [0.2, 0.25) is 0 Å². The lowest BCUT2D eigenvalue weighted by molar-refractivity contribution is -0.121. The molecule has 3 heterocycles. The third kappa shape index (κ3) is 6.04. The molecule has 0 radical (unpaired) electrons. The molecule has 11 heteroatoms. The van der Waals surface area contributed by atoms with Crippen molar-refractivity contribution in [1.29, 1.82) is 0 Å². The third-order valence-electron chi connectivity index (χ3n) is 6.12. The fourth-order valence-electron chi connectivity index (χ4n) is 4.21. The Morgan fingerprint density at radius 2 is 1.89 bits per heavy atom. The van der Waals surface area contributed by atoms with Gasteiger partial charge in [0.2, 0.25) is 5.91 Å². The second-order valence-corrected chi connectivity index (χ2v) is 8.60. The average molecular weight is 482 g/mol. The summed E-state index contributed by atoms with van der Waals surface area (Å²) in [6, 6.07) is 7.00. The summed E-state index contributed by atoms with van der Waals surface area (Å²) in [5.41, 5.74) is 6.77. The maximum absolute atomic E-state index is 12.7. The SMILES string of the molecule is CCC(=O)N[C@@H]1CCCN(c2cnc(C(N)=O)c(Nc3ccc(C(=O)N4CCOCC4)cc3)n2)C1. The molecule has 0 saturated carbocycles. The smallest absolute Gasteiger partial charge is 0.271 e. The maximum atomic E-state index is 12.7. The molecule has 0 aliphatic carbocycles. The highest BCUT2D eigenvalue weighted by atomic mass is 16.5. The van der Waals surface area contributed by atoms with Gasteiger partial charge in [-0.3, -0.25) is 14.4 Å². The van der Waals surface area contributed by atoms with Gasteiger partial charge in [-0.15, -0.1) is 0 Å². The van der Waals surface area contributed by atoms with E-state index in [0.717, 1.165) is 19.4 Å². The predicted octanol–water partition coefficient (Wildman–Crippen LogP) is 1.29. The van der Waals surface area contributed by atoms with Gasteiger partial charge in [-0.2, -0.15) is 0 Å². The van der Waals surface area contributed by atoms with Crippen molar-refractivity contribution in [3.63, 3.8) is 0 Å². The molecule has 2 aromatic rings. The van der Waals surface area contributed by atoms with Gasteiger partial charge in [0.25, 0.3) is 11.8 Å². The summed E-state index contributed by atoms with van der Waals surface area (Å²) < 4.78 is 5.31. The molecule has 0 unspecified atom stereocenters. The van der Waals surface area contributed by atoms with Gasteiger partial charge in [0.1, 0.15) is 5.82 Å². The van der Waals surface area contributed by atoms with Crippen molar-refractivity contribution < 1.29 is 19.1 Å². The molecule has 0 spiro atoms. The third-order valence-corrected chi connectivity index (χ3v) is 6.12. The summed E-state index contributed by atoms with van der Waals surface area (Å²) in [7, 11) is 0. The monoisotopic (exact) mass is 481 g/mol. The maximum Gasteiger partial charge on any atom is 0.271 e. The van der Waals surface area contributed by atoms with Crippen LogP contribution in [0.4, 0.5) is 17.3 Å². The number of anilines is 3. The van der Waals surface area contributed by atoms with Gasteiger partial charge in [0, 0.05) is 49.9 Å². The van der Waals surface area contributed by atoms with E-state index in [1.54, 1.807) is 29.2 Å². The summed E-state index contributed by atoms with van der Waals surface area (Å²) >= 11 is 0. The van der Waals surface area contributed by atoms with Crippen LogP contribution in [0.1, 0.15) is 47.0 Å². The molecule has 186 valence electrons. The number of nitrogens with two attached hydrogens (primary N) is 1. The van der Waals surface area contributed by atoms with E-state index < -0.39 is 5.91 Å². The lowest BCUT2D eigenvalue weighted by Gasteiger charge is -2.34. The van der Waals surface area contributed by atoms with Crippen LogP contribution in [-0.4, -0.2) is 78.0 Å². The van der Waals surface area contributed by atoms with Gasteiger partial charge < -0.3 is 30.9 Å². The van der Waals surface area contributed by atoms with Gasteiger partial charge in [0.15, 0.2) is 11.5 Å². The first-order valence-electron chi connectivity index (χ1n) is 11.9. The van der Waals surface area contributed by atoms with Crippen LogP contribution in [0.3, 0.4) is 0 Å². The molecule has 1 aromatic carbocycles. The highest BCUT2D eigenvalue weighted by molar-refractivity contribution is 5.97. The summed E-state index contributed by atoms with van der Waals surface area (Å²) in [5, 5.41) is 6.15. The topological polar surface area (TPSA) is 143 Å². The molecular formula is C24H31N7O4. The van der Waals surface area contributed by atoms with Crippen molar-refractivity contribution >= 4 is 35.0 Å². The van der Waals surface area contributed by atoms with E-state index in [-0.39, 0.29) is 29.4 Å². The molecule has 4 N–H and O–H groups in total. The molecule has 2 aliphatic heterocycles. The van der Waals surface area contributed by atoms with E-state index >= 15 is 0 Å². The number of morpholine rings is 1. The molecule has 2 saturated heterocycles. The van der Waals surface area contributed by atoms with Crippen LogP contribution >= 0.6 is 0 Å². The number of nitrogens with one attached hydrogen (secondary N) is 2. The number of carbonyl (C=O) groups is 3. The molecule has 2 aliphatic rings. The molecule has 0 bridgehead atoms. The molecule has 11 nitrogen and oxygen atoms in total. The zero-order valence-corrected chi connectivity index (χ0v) is 19.8. The van der Waals surface area contributed by atoms with E-state index in [1.807, 2.05) is 11.8 Å². The van der Waals surface area contributed by atoms with Gasteiger partial charge in [0.05, 0.1) is 19.4 Å². The number of amides is 3. The zero-order chi connectivity index (χ0) is 24.8. The first-order chi connectivity index (χ1) is 16.9. The number of ether oxygens (including phenoxy) is 1. The van der Waals surface area contributed by atoms with Crippen molar-refractivity contribution in [1.82, 2.24) is 20.2 Å². The van der Waals surface area contributed by atoms with Crippen molar-refractivity contribution in [2.45, 2.75) is 32.2 Å². The van der Waals surface area contributed by atoms with E-state index in [4.69, 9.17) is 10.5 Å². The molecule has 2 fully saturated rings. The molecule has 1 aromatic heterocycles. The zero-order valence-electron chi connectivity index (χ0n) is 19.8. The number of piperidine rings is 1. The second kappa shape index (κ2) is 11.1. The Kier molecular flexibility index (Phi) is 7.76. The number of carbonyl (C=O) groups excluding carboxylic acids is 3. The van der Waals surface area contributed by atoms with Crippen LogP contribution < -0.4 is 21.3 Å². The van der Waals surface area contributed by atoms with Gasteiger partial charge in [-0.1, -0.05) is 6.92 Å². The first kappa shape index (κ1) is 24.4. The first-order valence-corrected chi connectivity index (χ1v) is 11.9. The Hall–Kier alpha value is -3.73. The van der Waals surface area contributed by atoms with Crippen LogP contribution in [0.25, 0.3) is 0 Å². The Bertz CT molecular complexity index is 1070. The minimum absolute atomic E-state index is 0.0184. The summed E-state index contributed by atoms with van der Waals surface area (Å²) in [6.07, 6.45) is 3.76. The van der Waals surface area contributed by atoms with Crippen molar-refractivity contribution in [2.24, 2.45) is 5.73 Å². The van der Waals surface area contributed by atoms with Gasteiger partial charge in [-0.25, -0.2) is 9.97 Å². The summed E-state index contributed by atoms with van der Waals surface area (Å²) in [6.45, 7) is 5.42. The standard InChI is InChI=1S/C24H31N7O4/c1-2-20(32)27-18-4-3-9-31(15-18)19-14-26-21(22(25)33)23(29-19)28-17-7-5-16(6-8-17)24(34)30-10-12-35-13-11-30/h5-8,14,18H,2-4,9-13,15H2,1H3,(H2,25,33)(H,27,32)(H,28,29)/t18-/m1/s1. The molecule has 35 heavy (non-hydrogen) atoms. The predicted molar refractivity (Wildman–Crippen MR) is 131 cm³/mol. The van der Waals surface area contributed by atoms with Crippen LogP contribution in [-0.2, 0) is 9.53 Å². The highest BCUT2D eigenvalue weighted by Gasteiger charge is 2.24. The fraction of sp³-hybridized carbons (Fsp3) is 0.458. The van der Waals surface area contributed by atoms with E-state index in [0.29, 0.717) is 56.3 Å². The van der Waals surface area contributed by atoms with Crippen molar-refractivity contribution in [3.05, 3.63) is 41.7 Å².